The smallest absolute Gasteiger partial charge is 0.360 e. The third-order valence-electron chi connectivity index (χ3n) is 3.38. The van der Waals surface area contributed by atoms with Crippen LogP contribution in [-0.4, -0.2) is 22.6 Å². The van der Waals surface area contributed by atoms with Crippen molar-refractivity contribution >= 4 is 11.8 Å². The molecule has 0 aliphatic carbocycles. The zero-order valence-corrected chi connectivity index (χ0v) is 11.7. The number of aromatic nitrogens is 2. The number of nitrogens with zero attached hydrogens (tertiary/aromatic N) is 2. The number of rotatable bonds is 5. The van der Waals surface area contributed by atoms with Crippen LogP contribution in [0.2, 0.25) is 0 Å². The zero-order valence-electron chi connectivity index (χ0n) is 11.7. The molecule has 0 fully saturated rings. The maximum atomic E-state index is 11.5. The van der Waals surface area contributed by atoms with Crippen molar-refractivity contribution in [2.24, 2.45) is 0 Å². The van der Waals surface area contributed by atoms with Crippen LogP contribution in [0.1, 0.15) is 35.4 Å². The van der Waals surface area contributed by atoms with E-state index in [2.05, 4.69) is 28.8 Å². The fourth-order valence-corrected chi connectivity index (χ4v) is 2.14. The first-order chi connectivity index (χ1) is 9.63. The number of anilines is 1. The Labute approximate surface area is 118 Å². The van der Waals surface area contributed by atoms with E-state index in [4.69, 9.17) is 5.73 Å². The minimum atomic E-state index is -0.503. The Morgan fingerprint density at radius 2 is 2.10 bits per heavy atom. The van der Waals surface area contributed by atoms with Gasteiger partial charge in [0.05, 0.1) is 13.4 Å². The molecule has 0 saturated heterocycles. The van der Waals surface area contributed by atoms with Gasteiger partial charge in [-0.25, -0.2) is 9.78 Å². The molecule has 1 heterocycles. The monoisotopic (exact) mass is 273 g/mol. The lowest BCUT2D eigenvalue weighted by Gasteiger charge is -2.15. The fraction of sp³-hybridized carbons (Fsp3) is 0.333. The maximum absolute atomic E-state index is 11.5. The number of esters is 1. The molecule has 2 aromatic rings. The van der Waals surface area contributed by atoms with E-state index in [-0.39, 0.29) is 11.7 Å². The summed E-state index contributed by atoms with van der Waals surface area (Å²) in [5.74, 6) is -0.145. The summed E-state index contributed by atoms with van der Waals surface area (Å²) in [5, 5.41) is 0. The van der Waals surface area contributed by atoms with Gasteiger partial charge < -0.3 is 15.0 Å². The highest BCUT2D eigenvalue weighted by atomic mass is 16.5. The molecule has 0 aliphatic heterocycles. The number of aryl methyl sites for hydroxylation is 1. The number of methoxy groups -OCH3 is 1. The van der Waals surface area contributed by atoms with E-state index in [0.29, 0.717) is 5.82 Å². The number of nitrogen functional groups attached to an aromatic ring is 1. The molecular weight excluding hydrogens is 254 g/mol. The molecule has 5 heteroatoms. The van der Waals surface area contributed by atoms with Gasteiger partial charge in [0.25, 0.3) is 0 Å². The number of hydrogen-bond donors (Lipinski definition) is 1. The molecule has 1 aromatic heterocycles. The molecule has 1 atom stereocenters. The standard InChI is InChI=1S/C15H19N3O2/c1-11(8-9-12-6-4-3-5-7-12)18-10-17-13(14(18)16)15(19)20-2/h3-7,10-11H,8-9,16H2,1-2H3. The molecule has 0 radical (unpaired) electrons. The van der Waals surface area contributed by atoms with Gasteiger partial charge in [-0.2, -0.15) is 0 Å². The van der Waals surface area contributed by atoms with Gasteiger partial charge in [0, 0.05) is 6.04 Å². The van der Waals surface area contributed by atoms with Crippen LogP contribution in [-0.2, 0) is 11.2 Å². The predicted molar refractivity (Wildman–Crippen MR) is 77.5 cm³/mol. The predicted octanol–water partition coefficient (Wildman–Crippen LogP) is 2.45. The first-order valence-corrected chi connectivity index (χ1v) is 6.58. The van der Waals surface area contributed by atoms with Gasteiger partial charge in [-0.15, -0.1) is 0 Å². The largest absolute Gasteiger partial charge is 0.464 e. The number of benzene rings is 1. The van der Waals surface area contributed by atoms with E-state index >= 15 is 0 Å². The Morgan fingerprint density at radius 3 is 2.75 bits per heavy atom. The van der Waals surface area contributed by atoms with Gasteiger partial charge in [-0.3, -0.25) is 0 Å². The minimum Gasteiger partial charge on any atom is -0.464 e. The van der Waals surface area contributed by atoms with E-state index in [1.54, 1.807) is 6.33 Å². The summed E-state index contributed by atoms with van der Waals surface area (Å²) < 4.78 is 6.46. The van der Waals surface area contributed by atoms with Gasteiger partial charge in [0.1, 0.15) is 5.82 Å². The summed E-state index contributed by atoms with van der Waals surface area (Å²) in [5.41, 5.74) is 7.41. The quantitative estimate of drug-likeness (QED) is 0.849. The Kier molecular flexibility index (Phi) is 4.40. The van der Waals surface area contributed by atoms with Crippen LogP contribution in [0, 0.1) is 0 Å². The highest BCUT2D eigenvalue weighted by molar-refractivity contribution is 5.92. The number of nitrogens with two attached hydrogens (primary N) is 1. The zero-order chi connectivity index (χ0) is 14.5. The van der Waals surface area contributed by atoms with Crippen molar-refractivity contribution in [2.45, 2.75) is 25.8 Å². The number of carbonyl (C=O) groups is 1. The summed E-state index contributed by atoms with van der Waals surface area (Å²) in [6.45, 7) is 2.06. The van der Waals surface area contributed by atoms with Crippen LogP contribution in [0.25, 0.3) is 0 Å². The lowest BCUT2D eigenvalue weighted by molar-refractivity contribution is 0.0596. The van der Waals surface area contributed by atoms with Gasteiger partial charge in [0.2, 0.25) is 0 Å². The molecule has 0 amide bonds. The number of carbonyl (C=O) groups excluding carboxylic acids is 1. The normalized spacial score (nSPS) is 12.1. The second-order valence-electron chi connectivity index (χ2n) is 4.75. The van der Waals surface area contributed by atoms with E-state index in [1.165, 1.54) is 12.7 Å². The average Bonchev–Trinajstić information content (AvgIpc) is 2.87. The molecule has 20 heavy (non-hydrogen) atoms. The van der Waals surface area contributed by atoms with Crippen molar-refractivity contribution in [3.05, 3.63) is 47.9 Å². The van der Waals surface area contributed by atoms with Gasteiger partial charge in [-0.05, 0) is 25.3 Å². The van der Waals surface area contributed by atoms with Crippen LogP contribution in [0.5, 0.6) is 0 Å². The summed E-state index contributed by atoms with van der Waals surface area (Å²) in [6, 6.07) is 10.4. The molecule has 2 N–H and O–H groups in total. The third-order valence-corrected chi connectivity index (χ3v) is 3.38. The molecule has 106 valence electrons. The second kappa shape index (κ2) is 6.23. The van der Waals surface area contributed by atoms with Crippen molar-refractivity contribution in [2.75, 3.05) is 12.8 Å². The van der Waals surface area contributed by atoms with Crippen LogP contribution in [0.4, 0.5) is 5.82 Å². The molecule has 0 saturated carbocycles. The van der Waals surface area contributed by atoms with Gasteiger partial charge in [-0.1, -0.05) is 30.3 Å². The highest BCUT2D eigenvalue weighted by Crippen LogP contribution is 2.21. The molecule has 0 bridgehead atoms. The highest BCUT2D eigenvalue weighted by Gasteiger charge is 2.18. The van der Waals surface area contributed by atoms with Crippen molar-refractivity contribution in [3.8, 4) is 0 Å². The summed E-state index contributed by atoms with van der Waals surface area (Å²) in [6.07, 6.45) is 3.47. The SMILES string of the molecule is COC(=O)c1ncn(C(C)CCc2ccccc2)c1N. The summed E-state index contributed by atoms with van der Waals surface area (Å²) in [4.78, 5) is 15.5. The molecule has 1 aromatic carbocycles. The molecule has 5 nitrogen and oxygen atoms in total. The lowest BCUT2D eigenvalue weighted by atomic mass is 10.1. The van der Waals surface area contributed by atoms with Gasteiger partial charge >= 0.3 is 5.97 Å². The second-order valence-corrected chi connectivity index (χ2v) is 4.75. The van der Waals surface area contributed by atoms with E-state index in [1.807, 2.05) is 22.8 Å². The molecule has 1 unspecified atom stereocenters. The van der Waals surface area contributed by atoms with E-state index < -0.39 is 5.97 Å². The van der Waals surface area contributed by atoms with Crippen LogP contribution < -0.4 is 5.73 Å². The van der Waals surface area contributed by atoms with Crippen molar-refractivity contribution in [3.63, 3.8) is 0 Å². The van der Waals surface area contributed by atoms with Crippen molar-refractivity contribution in [1.29, 1.82) is 0 Å². The Balaban J connectivity index is 2.04. The third kappa shape index (κ3) is 2.99. The van der Waals surface area contributed by atoms with Crippen molar-refractivity contribution < 1.29 is 9.53 Å². The molecule has 0 spiro atoms. The maximum Gasteiger partial charge on any atom is 0.360 e. The summed E-state index contributed by atoms with van der Waals surface area (Å²) in [7, 11) is 1.32. The van der Waals surface area contributed by atoms with Gasteiger partial charge in [0.15, 0.2) is 5.69 Å². The Morgan fingerprint density at radius 1 is 1.40 bits per heavy atom. The topological polar surface area (TPSA) is 70.1 Å². The molecular formula is C15H19N3O2. The lowest BCUT2D eigenvalue weighted by Crippen LogP contribution is -2.11. The number of imidazole rings is 1. The molecule has 0 aliphatic rings. The molecule has 2 rings (SSSR count). The first-order valence-electron chi connectivity index (χ1n) is 6.58. The van der Waals surface area contributed by atoms with Crippen LogP contribution >= 0.6 is 0 Å². The number of hydrogen-bond acceptors (Lipinski definition) is 4. The number of ether oxygens (including phenoxy) is 1. The Hall–Kier alpha value is -2.30. The summed E-state index contributed by atoms with van der Waals surface area (Å²) >= 11 is 0. The van der Waals surface area contributed by atoms with Crippen LogP contribution in [0.3, 0.4) is 0 Å². The average molecular weight is 273 g/mol. The Bertz CT molecular complexity index is 578. The van der Waals surface area contributed by atoms with Crippen LogP contribution in [0.15, 0.2) is 36.7 Å². The van der Waals surface area contributed by atoms with E-state index in [0.717, 1.165) is 12.8 Å². The van der Waals surface area contributed by atoms with Crippen molar-refractivity contribution in [1.82, 2.24) is 9.55 Å². The fourth-order valence-electron chi connectivity index (χ4n) is 2.14. The first kappa shape index (κ1) is 14.1. The minimum absolute atomic E-state index is 0.168. The van der Waals surface area contributed by atoms with E-state index in [9.17, 15) is 4.79 Å².